The lowest BCUT2D eigenvalue weighted by molar-refractivity contribution is -0.115. The van der Waals surface area contributed by atoms with Crippen LogP contribution < -0.4 is 10.0 Å². The Balaban J connectivity index is 1.82. The summed E-state index contributed by atoms with van der Waals surface area (Å²) >= 11 is 0. The minimum absolute atomic E-state index is 0.0337. The quantitative estimate of drug-likeness (QED) is 0.895. The van der Waals surface area contributed by atoms with E-state index in [0.717, 1.165) is 33.5 Å². The van der Waals surface area contributed by atoms with Crippen molar-refractivity contribution in [3.8, 4) is 0 Å². The van der Waals surface area contributed by atoms with Crippen LogP contribution in [0.4, 0.5) is 5.69 Å². The number of hydrogen-bond acceptors (Lipinski definition) is 3. The Labute approximate surface area is 142 Å². The maximum absolute atomic E-state index is 12.7. The number of carbonyl (C=O) groups is 1. The Kier molecular flexibility index (Phi) is 4.19. The highest BCUT2D eigenvalue weighted by atomic mass is 32.2. The smallest absolute Gasteiger partial charge is 0.241 e. The summed E-state index contributed by atoms with van der Waals surface area (Å²) in [5.74, 6) is -0.0337. The summed E-state index contributed by atoms with van der Waals surface area (Å²) in [5.41, 5.74) is 5.06. The molecule has 0 unspecified atom stereocenters. The van der Waals surface area contributed by atoms with Crippen LogP contribution in [0, 0.1) is 20.8 Å². The number of anilines is 1. The molecule has 1 aliphatic rings. The van der Waals surface area contributed by atoms with E-state index in [4.69, 9.17) is 0 Å². The van der Waals surface area contributed by atoms with Gasteiger partial charge in [-0.2, -0.15) is 0 Å². The molecule has 0 fully saturated rings. The summed E-state index contributed by atoms with van der Waals surface area (Å²) < 4.78 is 28.0. The second kappa shape index (κ2) is 6.03. The van der Waals surface area contributed by atoms with E-state index in [2.05, 4.69) is 10.0 Å². The van der Waals surface area contributed by atoms with Crippen LogP contribution >= 0.6 is 0 Å². The summed E-state index contributed by atoms with van der Waals surface area (Å²) in [6, 6.07) is 9.24. The molecule has 2 aromatic carbocycles. The van der Waals surface area contributed by atoms with Crippen LogP contribution in [0.2, 0.25) is 0 Å². The van der Waals surface area contributed by atoms with Gasteiger partial charge in [0.1, 0.15) is 0 Å². The minimum atomic E-state index is -3.59. The number of hydrogen-bond donors (Lipinski definition) is 2. The number of carbonyl (C=O) groups excluding carboxylic acids is 1. The van der Waals surface area contributed by atoms with E-state index in [1.54, 1.807) is 13.8 Å². The minimum Gasteiger partial charge on any atom is -0.326 e. The van der Waals surface area contributed by atoms with E-state index in [9.17, 15) is 13.2 Å². The monoisotopic (exact) mass is 344 g/mol. The van der Waals surface area contributed by atoms with Crippen molar-refractivity contribution in [1.29, 1.82) is 0 Å². The molecule has 0 spiro atoms. The van der Waals surface area contributed by atoms with E-state index in [0.29, 0.717) is 11.3 Å². The van der Waals surface area contributed by atoms with Gasteiger partial charge in [0.2, 0.25) is 15.9 Å². The zero-order valence-corrected chi connectivity index (χ0v) is 14.8. The van der Waals surface area contributed by atoms with E-state index in [1.807, 2.05) is 37.3 Å². The summed E-state index contributed by atoms with van der Waals surface area (Å²) in [6.45, 7) is 5.75. The van der Waals surface area contributed by atoms with Gasteiger partial charge in [0.25, 0.3) is 0 Å². The van der Waals surface area contributed by atoms with Crippen LogP contribution in [0.25, 0.3) is 0 Å². The first-order valence-corrected chi connectivity index (χ1v) is 9.24. The third-order valence-electron chi connectivity index (χ3n) is 4.13. The lowest BCUT2D eigenvalue weighted by Crippen LogP contribution is -2.25. The molecule has 0 aromatic heterocycles. The van der Waals surface area contributed by atoms with Crippen molar-refractivity contribution in [3.63, 3.8) is 0 Å². The van der Waals surface area contributed by atoms with Crippen LogP contribution in [0.3, 0.4) is 0 Å². The highest BCUT2D eigenvalue weighted by molar-refractivity contribution is 7.89. The molecule has 1 amide bonds. The molecule has 1 heterocycles. The van der Waals surface area contributed by atoms with Crippen LogP contribution in [-0.4, -0.2) is 14.3 Å². The third kappa shape index (κ3) is 3.20. The van der Waals surface area contributed by atoms with Crippen molar-refractivity contribution in [1.82, 2.24) is 4.72 Å². The van der Waals surface area contributed by atoms with Crippen LogP contribution in [-0.2, 0) is 27.8 Å². The Morgan fingerprint density at radius 1 is 1.08 bits per heavy atom. The maximum atomic E-state index is 12.7. The molecule has 0 saturated heterocycles. The van der Waals surface area contributed by atoms with Crippen LogP contribution in [0.1, 0.15) is 27.8 Å². The lowest BCUT2D eigenvalue weighted by Gasteiger charge is -2.13. The highest BCUT2D eigenvalue weighted by Crippen LogP contribution is 2.25. The zero-order valence-electron chi connectivity index (χ0n) is 13.9. The number of sulfonamides is 1. The Bertz CT molecular complexity index is 910. The zero-order chi connectivity index (χ0) is 17.5. The summed E-state index contributed by atoms with van der Waals surface area (Å²) in [5, 5.41) is 2.77. The van der Waals surface area contributed by atoms with Gasteiger partial charge in [0, 0.05) is 12.2 Å². The van der Waals surface area contributed by atoms with Gasteiger partial charge < -0.3 is 5.32 Å². The fraction of sp³-hybridized carbons (Fsp3) is 0.278. The SMILES string of the molecule is Cc1cc(C)c(S(=O)(=O)NCc2ccc3c(c2)CC(=O)N3)c(C)c1. The molecule has 3 rings (SSSR count). The van der Waals surface area contributed by atoms with Gasteiger partial charge in [-0.25, -0.2) is 13.1 Å². The normalized spacial score (nSPS) is 13.7. The number of aryl methyl sites for hydroxylation is 3. The molecule has 6 heteroatoms. The summed E-state index contributed by atoms with van der Waals surface area (Å²) in [6.07, 6.45) is 0.339. The topological polar surface area (TPSA) is 75.3 Å². The third-order valence-corrected chi connectivity index (χ3v) is 5.84. The van der Waals surface area contributed by atoms with E-state index >= 15 is 0 Å². The van der Waals surface area contributed by atoms with Crippen molar-refractivity contribution in [3.05, 3.63) is 58.1 Å². The molecule has 0 radical (unpaired) electrons. The van der Waals surface area contributed by atoms with Gasteiger partial charge in [0.05, 0.1) is 11.3 Å². The average molecular weight is 344 g/mol. The molecule has 126 valence electrons. The Hall–Kier alpha value is -2.18. The number of nitrogens with one attached hydrogen (secondary N) is 2. The predicted octanol–water partition coefficient (Wildman–Crippen LogP) is 2.58. The Morgan fingerprint density at radius 2 is 1.75 bits per heavy atom. The van der Waals surface area contributed by atoms with E-state index in [-0.39, 0.29) is 12.5 Å². The molecule has 1 aliphatic heterocycles. The van der Waals surface area contributed by atoms with Gasteiger partial charge >= 0.3 is 0 Å². The van der Waals surface area contributed by atoms with Crippen LogP contribution in [0.15, 0.2) is 35.2 Å². The molecule has 0 atom stereocenters. The Morgan fingerprint density at radius 3 is 2.42 bits per heavy atom. The average Bonchev–Trinajstić information content (AvgIpc) is 2.83. The summed E-state index contributed by atoms with van der Waals surface area (Å²) in [7, 11) is -3.59. The molecular formula is C18H20N2O3S. The van der Waals surface area contributed by atoms with Gasteiger partial charge in [0.15, 0.2) is 0 Å². The molecule has 2 N–H and O–H groups in total. The molecule has 0 bridgehead atoms. The van der Waals surface area contributed by atoms with Gasteiger partial charge in [-0.1, -0.05) is 29.8 Å². The van der Waals surface area contributed by atoms with Gasteiger partial charge in [-0.3, -0.25) is 4.79 Å². The number of amides is 1. The van der Waals surface area contributed by atoms with Crippen LogP contribution in [0.5, 0.6) is 0 Å². The maximum Gasteiger partial charge on any atom is 0.241 e. The molecule has 0 saturated carbocycles. The van der Waals surface area contributed by atoms with Gasteiger partial charge in [-0.05, 0) is 49.1 Å². The molecule has 24 heavy (non-hydrogen) atoms. The van der Waals surface area contributed by atoms with Crippen molar-refractivity contribution < 1.29 is 13.2 Å². The van der Waals surface area contributed by atoms with Crippen molar-refractivity contribution in [2.75, 3.05) is 5.32 Å². The van der Waals surface area contributed by atoms with E-state index < -0.39 is 10.0 Å². The first-order chi connectivity index (χ1) is 11.3. The molecule has 5 nitrogen and oxygen atoms in total. The molecule has 2 aromatic rings. The first kappa shape index (κ1) is 16.7. The second-order valence-electron chi connectivity index (χ2n) is 6.27. The number of rotatable bonds is 4. The standard InChI is InChI=1S/C18H20N2O3S/c1-11-6-12(2)18(13(3)7-11)24(22,23)19-10-14-4-5-16-15(8-14)9-17(21)20-16/h4-8,19H,9-10H2,1-3H3,(H,20,21). The molecule has 0 aliphatic carbocycles. The van der Waals surface area contributed by atoms with Crippen molar-refractivity contribution in [2.24, 2.45) is 0 Å². The number of benzene rings is 2. The van der Waals surface area contributed by atoms with Gasteiger partial charge in [-0.15, -0.1) is 0 Å². The largest absolute Gasteiger partial charge is 0.326 e. The van der Waals surface area contributed by atoms with E-state index in [1.165, 1.54) is 0 Å². The van der Waals surface area contributed by atoms with Crippen molar-refractivity contribution >= 4 is 21.6 Å². The second-order valence-corrected chi connectivity index (χ2v) is 7.97. The number of fused-ring (bicyclic) bond motifs is 1. The fourth-order valence-corrected chi connectivity index (χ4v) is 4.70. The lowest BCUT2D eigenvalue weighted by atomic mass is 10.1. The highest BCUT2D eigenvalue weighted by Gasteiger charge is 2.21. The van der Waals surface area contributed by atoms with Crippen molar-refractivity contribution in [2.45, 2.75) is 38.6 Å². The predicted molar refractivity (Wildman–Crippen MR) is 93.5 cm³/mol. The fourth-order valence-electron chi connectivity index (χ4n) is 3.23. The molecular weight excluding hydrogens is 324 g/mol. The first-order valence-electron chi connectivity index (χ1n) is 7.75. The summed E-state index contributed by atoms with van der Waals surface area (Å²) in [4.78, 5) is 11.7.